The molecule has 1 aromatic carbocycles. The highest BCUT2D eigenvalue weighted by molar-refractivity contribution is 5.69. The number of rotatable bonds is 4. The van der Waals surface area contributed by atoms with E-state index in [9.17, 15) is 8.78 Å². The maximum atomic E-state index is 13.4. The maximum absolute atomic E-state index is 13.4. The van der Waals surface area contributed by atoms with Gasteiger partial charge in [-0.15, -0.1) is 0 Å². The minimum atomic E-state index is -0.886. The molecule has 0 bridgehead atoms. The maximum Gasteiger partial charge on any atom is 0.180 e. The third kappa shape index (κ3) is 2.56. The first-order valence-corrected chi connectivity index (χ1v) is 6.72. The molecule has 0 aliphatic carbocycles. The summed E-state index contributed by atoms with van der Waals surface area (Å²) < 4.78 is 28.2. The molecule has 0 spiro atoms. The molecule has 0 atom stereocenters. The number of halogens is 2. The van der Waals surface area contributed by atoms with E-state index in [2.05, 4.69) is 22.2 Å². The zero-order chi connectivity index (χ0) is 14.8. The fourth-order valence-electron chi connectivity index (χ4n) is 2.09. The van der Waals surface area contributed by atoms with Gasteiger partial charge in [0, 0.05) is 30.7 Å². The van der Waals surface area contributed by atoms with Crippen LogP contribution in [-0.4, -0.2) is 20.9 Å². The van der Waals surface area contributed by atoms with Crippen molar-refractivity contribution >= 4 is 11.5 Å². The number of imidazole rings is 1. The lowest BCUT2D eigenvalue weighted by Gasteiger charge is -2.09. The Morgan fingerprint density at radius 1 is 1.24 bits per heavy atom. The van der Waals surface area contributed by atoms with Gasteiger partial charge in [-0.25, -0.2) is 18.7 Å². The van der Waals surface area contributed by atoms with Gasteiger partial charge >= 0.3 is 0 Å². The van der Waals surface area contributed by atoms with Gasteiger partial charge in [-0.2, -0.15) is 0 Å². The third-order valence-electron chi connectivity index (χ3n) is 3.13. The molecule has 108 valence electrons. The summed E-state index contributed by atoms with van der Waals surface area (Å²) in [5.41, 5.74) is 1.77. The highest BCUT2D eigenvalue weighted by Crippen LogP contribution is 2.23. The van der Waals surface area contributed by atoms with Gasteiger partial charge in [0.15, 0.2) is 23.1 Å². The number of aromatic nitrogens is 3. The van der Waals surface area contributed by atoms with Crippen molar-refractivity contribution < 1.29 is 8.78 Å². The van der Waals surface area contributed by atoms with E-state index < -0.39 is 11.6 Å². The van der Waals surface area contributed by atoms with E-state index in [-0.39, 0.29) is 0 Å². The van der Waals surface area contributed by atoms with E-state index in [0.717, 1.165) is 25.1 Å². The van der Waals surface area contributed by atoms with Crippen LogP contribution in [0.25, 0.3) is 16.9 Å². The molecule has 2 aromatic heterocycles. The topological polar surface area (TPSA) is 42.2 Å². The molecule has 3 aromatic rings. The summed E-state index contributed by atoms with van der Waals surface area (Å²) in [6, 6.07) is 3.75. The highest BCUT2D eigenvalue weighted by Gasteiger charge is 2.10. The highest BCUT2D eigenvalue weighted by atomic mass is 19.2. The average Bonchev–Trinajstić information content (AvgIpc) is 2.96. The normalized spacial score (nSPS) is 11.0. The fourth-order valence-corrected chi connectivity index (χ4v) is 2.09. The Morgan fingerprint density at radius 2 is 2.10 bits per heavy atom. The summed E-state index contributed by atoms with van der Waals surface area (Å²) in [6.45, 7) is 2.81. The molecule has 2 heterocycles. The summed E-state index contributed by atoms with van der Waals surface area (Å²) in [4.78, 5) is 8.71. The minimum Gasteiger partial charge on any atom is -0.367 e. The van der Waals surface area contributed by atoms with Crippen molar-refractivity contribution in [3.05, 3.63) is 48.4 Å². The number of fused-ring (bicyclic) bond motifs is 1. The minimum absolute atomic E-state index is 0.518. The Kier molecular flexibility index (Phi) is 3.51. The van der Waals surface area contributed by atoms with Crippen molar-refractivity contribution in [2.45, 2.75) is 13.3 Å². The zero-order valence-corrected chi connectivity index (χ0v) is 11.5. The van der Waals surface area contributed by atoms with Crippen LogP contribution in [0, 0.1) is 11.6 Å². The summed E-state index contributed by atoms with van der Waals surface area (Å²) >= 11 is 0. The predicted molar refractivity (Wildman–Crippen MR) is 77.1 cm³/mol. The second-order valence-electron chi connectivity index (χ2n) is 4.69. The molecule has 0 unspecified atom stereocenters. The molecule has 0 radical (unpaired) electrons. The lowest BCUT2D eigenvalue weighted by atomic mass is 10.1. The van der Waals surface area contributed by atoms with Crippen LogP contribution in [-0.2, 0) is 0 Å². The first kappa shape index (κ1) is 13.5. The van der Waals surface area contributed by atoms with Crippen LogP contribution >= 0.6 is 0 Å². The molecule has 0 fully saturated rings. The average molecular weight is 288 g/mol. The Balaban J connectivity index is 2.11. The van der Waals surface area contributed by atoms with E-state index >= 15 is 0 Å². The Bertz CT molecular complexity index is 782. The van der Waals surface area contributed by atoms with Crippen molar-refractivity contribution in [1.29, 1.82) is 0 Å². The second kappa shape index (κ2) is 5.47. The van der Waals surface area contributed by atoms with Gasteiger partial charge in [-0.3, -0.25) is 0 Å². The van der Waals surface area contributed by atoms with Crippen LogP contribution in [0.1, 0.15) is 13.3 Å². The fraction of sp³-hybridized carbons (Fsp3) is 0.200. The van der Waals surface area contributed by atoms with Gasteiger partial charge in [-0.1, -0.05) is 6.92 Å². The van der Waals surface area contributed by atoms with Gasteiger partial charge in [0.05, 0.1) is 5.69 Å². The van der Waals surface area contributed by atoms with Crippen LogP contribution < -0.4 is 5.32 Å². The van der Waals surface area contributed by atoms with E-state index in [1.54, 1.807) is 18.6 Å². The number of anilines is 1. The lowest BCUT2D eigenvalue weighted by Crippen LogP contribution is -2.05. The first-order valence-electron chi connectivity index (χ1n) is 6.72. The van der Waals surface area contributed by atoms with Crippen molar-refractivity contribution in [1.82, 2.24) is 14.4 Å². The largest absolute Gasteiger partial charge is 0.367 e. The molecule has 0 aliphatic heterocycles. The van der Waals surface area contributed by atoms with E-state index in [4.69, 9.17) is 0 Å². The summed E-state index contributed by atoms with van der Waals surface area (Å²) in [6.07, 6.45) is 6.15. The van der Waals surface area contributed by atoms with Crippen LogP contribution in [0.15, 0.2) is 36.8 Å². The van der Waals surface area contributed by atoms with E-state index in [1.165, 1.54) is 6.07 Å². The van der Waals surface area contributed by atoms with Gasteiger partial charge in [0.25, 0.3) is 0 Å². The lowest BCUT2D eigenvalue weighted by molar-refractivity contribution is 0.509. The van der Waals surface area contributed by atoms with E-state index in [0.29, 0.717) is 22.7 Å². The zero-order valence-electron chi connectivity index (χ0n) is 11.5. The second-order valence-corrected chi connectivity index (χ2v) is 4.69. The van der Waals surface area contributed by atoms with Gasteiger partial charge in [0.2, 0.25) is 0 Å². The van der Waals surface area contributed by atoms with Crippen molar-refractivity contribution in [3.8, 4) is 11.3 Å². The number of hydrogen-bond donors (Lipinski definition) is 1. The first-order chi connectivity index (χ1) is 10.2. The Hall–Kier alpha value is -2.50. The molecule has 0 aliphatic rings. The van der Waals surface area contributed by atoms with Crippen molar-refractivity contribution in [2.75, 3.05) is 11.9 Å². The third-order valence-corrected chi connectivity index (χ3v) is 3.13. The quantitative estimate of drug-likeness (QED) is 0.799. The SMILES string of the molecule is CCCNc1nc(-c2ccc(F)c(F)c2)cn2ccnc12. The summed E-state index contributed by atoms with van der Waals surface area (Å²) in [7, 11) is 0. The number of nitrogens with one attached hydrogen (secondary N) is 1. The van der Waals surface area contributed by atoms with Gasteiger partial charge in [0.1, 0.15) is 0 Å². The standard InChI is InChI=1S/C15H14F2N4/c1-2-5-18-14-15-19-6-7-21(15)9-13(20-14)10-3-4-11(16)12(17)8-10/h3-4,6-9H,2,5H2,1H3,(H,18,20). The summed E-state index contributed by atoms with van der Waals surface area (Å²) in [5, 5.41) is 3.20. The molecule has 21 heavy (non-hydrogen) atoms. The molecule has 3 rings (SSSR count). The van der Waals surface area contributed by atoms with Crippen LogP contribution in [0.5, 0.6) is 0 Å². The van der Waals surface area contributed by atoms with Crippen LogP contribution in [0.4, 0.5) is 14.6 Å². The predicted octanol–water partition coefficient (Wildman–Crippen LogP) is 3.50. The number of nitrogens with zero attached hydrogens (tertiary/aromatic N) is 3. The molecule has 0 amide bonds. The number of benzene rings is 1. The molecule has 1 N–H and O–H groups in total. The van der Waals surface area contributed by atoms with Crippen molar-refractivity contribution in [2.24, 2.45) is 0 Å². The molecular formula is C15H14F2N4. The van der Waals surface area contributed by atoms with Crippen LogP contribution in [0.2, 0.25) is 0 Å². The Labute approximate surface area is 120 Å². The number of hydrogen-bond acceptors (Lipinski definition) is 3. The molecular weight excluding hydrogens is 274 g/mol. The molecule has 0 saturated carbocycles. The smallest absolute Gasteiger partial charge is 0.180 e. The van der Waals surface area contributed by atoms with Gasteiger partial charge in [-0.05, 0) is 24.6 Å². The van der Waals surface area contributed by atoms with E-state index in [1.807, 2.05) is 4.40 Å². The van der Waals surface area contributed by atoms with Crippen molar-refractivity contribution in [3.63, 3.8) is 0 Å². The van der Waals surface area contributed by atoms with Crippen LogP contribution in [0.3, 0.4) is 0 Å². The van der Waals surface area contributed by atoms with Gasteiger partial charge < -0.3 is 9.72 Å². The summed E-state index contributed by atoms with van der Waals surface area (Å²) in [5.74, 6) is -1.13. The molecule has 0 saturated heterocycles. The monoisotopic (exact) mass is 288 g/mol. The molecule has 4 nitrogen and oxygen atoms in total. The Morgan fingerprint density at radius 3 is 2.86 bits per heavy atom. The molecule has 6 heteroatoms.